The van der Waals surface area contributed by atoms with Crippen LogP contribution in [0.3, 0.4) is 0 Å². The van der Waals surface area contributed by atoms with Gasteiger partial charge in [0.25, 0.3) is 10.0 Å². The van der Waals surface area contributed by atoms with Gasteiger partial charge in [-0.05, 0) is 38.3 Å². The van der Waals surface area contributed by atoms with Crippen molar-refractivity contribution in [1.82, 2.24) is 4.83 Å². The van der Waals surface area contributed by atoms with Crippen LogP contribution in [-0.2, 0) is 29.1 Å². The molecule has 2 saturated heterocycles. The molecule has 2 heterocycles. The average Bonchev–Trinajstić information content (AvgIpc) is 3.00. The Hall–Kier alpha value is -2.42. The average molecular weight is 394 g/mol. The second-order valence-corrected chi connectivity index (χ2v) is 8.40. The summed E-state index contributed by atoms with van der Waals surface area (Å²) < 4.78 is 35.3. The van der Waals surface area contributed by atoms with E-state index in [1.165, 1.54) is 12.1 Å². The number of aryl methyl sites for hydroxylation is 1. The number of hydrogen-bond donors (Lipinski definition) is 1. The molecular formula is C18H22N2O6S. The quantitative estimate of drug-likeness (QED) is 0.617. The van der Waals surface area contributed by atoms with Crippen LogP contribution in [0.25, 0.3) is 0 Å². The van der Waals surface area contributed by atoms with Gasteiger partial charge in [-0.25, -0.2) is 4.83 Å². The third-order valence-corrected chi connectivity index (χ3v) is 5.88. The fraction of sp³-hybridized carbons (Fsp3) is 0.500. The standard InChI is InChI=1S/C18H22N2O6S/c1-12-6-8-13(9-7-12)27(23,24)20-19-15-4-2-3-5-17(21)25-11-16-14(15)10-18(22)26-16/h6-9,14,16,20H,2-5,10-11H2,1H3. The van der Waals surface area contributed by atoms with E-state index in [1.807, 2.05) is 6.92 Å². The molecule has 1 aromatic carbocycles. The number of nitrogens with zero attached hydrogens (tertiary/aromatic N) is 1. The third kappa shape index (κ3) is 4.85. The molecule has 146 valence electrons. The Morgan fingerprint density at radius 2 is 1.78 bits per heavy atom. The van der Waals surface area contributed by atoms with Crippen molar-refractivity contribution in [2.24, 2.45) is 11.0 Å². The first-order chi connectivity index (χ1) is 12.8. The smallest absolute Gasteiger partial charge is 0.307 e. The number of ether oxygens (including phenoxy) is 2. The van der Waals surface area contributed by atoms with Gasteiger partial charge in [0, 0.05) is 12.1 Å². The van der Waals surface area contributed by atoms with Gasteiger partial charge in [0.1, 0.15) is 12.7 Å². The number of hydrogen-bond acceptors (Lipinski definition) is 7. The molecule has 0 amide bonds. The lowest BCUT2D eigenvalue weighted by Crippen LogP contribution is -2.32. The van der Waals surface area contributed by atoms with E-state index in [1.54, 1.807) is 12.1 Å². The number of rotatable bonds is 3. The summed E-state index contributed by atoms with van der Waals surface area (Å²) in [5, 5.41) is 4.13. The van der Waals surface area contributed by atoms with Crippen molar-refractivity contribution in [2.45, 2.75) is 50.0 Å². The maximum atomic E-state index is 12.5. The van der Waals surface area contributed by atoms with Crippen LogP contribution in [0, 0.1) is 12.8 Å². The van der Waals surface area contributed by atoms with Crippen LogP contribution in [0.15, 0.2) is 34.3 Å². The zero-order valence-corrected chi connectivity index (χ0v) is 15.8. The largest absolute Gasteiger partial charge is 0.462 e. The van der Waals surface area contributed by atoms with Gasteiger partial charge >= 0.3 is 11.9 Å². The van der Waals surface area contributed by atoms with Gasteiger partial charge in [0.2, 0.25) is 0 Å². The summed E-state index contributed by atoms with van der Waals surface area (Å²) in [6.45, 7) is 1.83. The fourth-order valence-electron chi connectivity index (χ4n) is 3.13. The zero-order chi connectivity index (χ0) is 19.4. The van der Waals surface area contributed by atoms with Crippen LogP contribution >= 0.6 is 0 Å². The first-order valence-corrected chi connectivity index (χ1v) is 10.3. The Bertz CT molecular complexity index is 847. The van der Waals surface area contributed by atoms with Crippen LogP contribution in [0.1, 0.15) is 37.7 Å². The molecular weight excluding hydrogens is 372 g/mol. The SMILES string of the molecule is Cc1ccc(S(=O)(=O)NN=C2CCCCC(=O)OCC3OC(=O)CC23)cc1. The minimum Gasteiger partial charge on any atom is -0.462 e. The molecule has 3 rings (SSSR count). The fourth-order valence-corrected chi connectivity index (χ4v) is 3.97. The molecule has 9 heteroatoms. The third-order valence-electron chi connectivity index (χ3n) is 4.66. The number of carbonyl (C=O) groups is 2. The van der Waals surface area contributed by atoms with Crippen molar-refractivity contribution in [3.05, 3.63) is 29.8 Å². The van der Waals surface area contributed by atoms with Crippen LogP contribution in [0.5, 0.6) is 0 Å². The molecule has 0 spiro atoms. The summed E-state index contributed by atoms with van der Waals surface area (Å²) in [4.78, 5) is 25.7. The molecule has 2 fully saturated rings. The highest BCUT2D eigenvalue weighted by Crippen LogP contribution is 2.27. The van der Waals surface area contributed by atoms with E-state index in [-0.39, 0.29) is 30.3 Å². The van der Waals surface area contributed by atoms with Gasteiger partial charge in [-0.15, -0.1) is 0 Å². The number of hydrazone groups is 1. The number of nitrogens with one attached hydrogen (secondary N) is 1. The maximum absolute atomic E-state index is 12.5. The highest BCUT2D eigenvalue weighted by molar-refractivity contribution is 7.89. The van der Waals surface area contributed by atoms with Crippen molar-refractivity contribution in [1.29, 1.82) is 0 Å². The first-order valence-electron chi connectivity index (χ1n) is 8.85. The predicted molar refractivity (Wildman–Crippen MR) is 96.3 cm³/mol. The highest BCUT2D eigenvalue weighted by Gasteiger charge is 2.39. The molecule has 0 bridgehead atoms. The van der Waals surface area contributed by atoms with E-state index in [9.17, 15) is 18.0 Å². The van der Waals surface area contributed by atoms with E-state index in [4.69, 9.17) is 9.47 Å². The molecule has 1 aromatic rings. The number of esters is 2. The van der Waals surface area contributed by atoms with E-state index >= 15 is 0 Å². The number of cyclic esters (lactones) is 1. The summed E-state index contributed by atoms with van der Waals surface area (Å²) in [5.74, 6) is -1.14. The topological polar surface area (TPSA) is 111 Å². The molecule has 27 heavy (non-hydrogen) atoms. The van der Waals surface area contributed by atoms with E-state index < -0.39 is 28.0 Å². The minimum absolute atomic E-state index is 0.0427. The molecule has 2 unspecified atom stereocenters. The predicted octanol–water partition coefficient (Wildman–Crippen LogP) is 1.68. The lowest BCUT2D eigenvalue weighted by atomic mass is 9.92. The first kappa shape index (κ1) is 19.3. The summed E-state index contributed by atoms with van der Waals surface area (Å²) >= 11 is 0. The second kappa shape index (κ2) is 8.08. The van der Waals surface area contributed by atoms with Crippen LogP contribution in [0.2, 0.25) is 0 Å². The normalized spacial score (nSPS) is 25.4. The number of sulfonamides is 1. The second-order valence-electron chi connectivity index (χ2n) is 6.74. The van der Waals surface area contributed by atoms with Crippen molar-refractivity contribution >= 4 is 27.7 Å². The van der Waals surface area contributed by atoms with Crippen LogP contribution in [-0.4, -0.2) is 38.8 Å². The summed E-state index contributed by atoms with van der Waals surface area (Å²) in [5.41, 5.74) is 1.49. The van der Waals surface area contributed by atoms with Gasteiger partial charge in [-0.2, -0.15) is 13.5 Å². The number of carbonyl (C=O) groups excluding carboxylic acids is 2. The van der Waals surface area contributed by atoms with Gasteiger partial charge in [0.05, 0.1) is 17.2 Å². The Morgan fingerprint density at radius 3 is 2.52 bits per heavy atom. The molecule has 8 nitrogen and oxygen atoms in total. The molecule has 0 radical (unpaired) electrons. The minimum atomic E-state index is -3.81. The molecule has 0 saturated carbocycles. The molecule has 1 N–H and O–H groups in total. The number of fused-ring (bicyclic) bond motifs is 1. The maximum Gasteiger partial charge on any atom is 0.307 e. The van der Waals surface area contributed by atoms with Gasteiger partial charge in [0.15, 0.2) is 0 Å². The number of benzene rings is 1. The van der Waals surface area contributed by atoms with Crippen molar-refractivity contribution in [3.63, 3.8) is 0 Å². The summed E-state index contributed by atoms with van der Waals surface area (Å²) in [7, 11) is -3.81. The monoisotopic (exact) mass is 394 g/mol. The summed E-state index contributed by atoms with van der Waals surface area (Å²) in [6, 6.07) is 6.43. The lowest BCUT2D eigenvalue weighted by Gasteiger charge is -2.21. The zero-order valence-electron chi connectivity index (χ0n) is 15.0. The van der Waals surface area contributed by atoms with Crippen molar-refractivity contribution in [3.8, 4) is 0 Å². The Labute approximate surface area is 158 Å². The van der Waals surface area contributed by atoms with E-state index in [0.29, 0.717) is 25.0 Å². The molecule has 2 aliphatic heterocycles. The van der Waals surface area contributed by atoms with Gasteiger partial charge in [-0.1, -0.05) is 17.7 Å². The van der Waals surface area contributed by atoms with E-state index in [0.717, 1.165) is 5.56 Å². The van der Waals surface area contributed by atoms with Crippen LogP contribution in [0.4, 0.5) is 0 Å². The molecule has 0 aliphatic carbocycles. The van der Waals surface area contributed by atoms with Crippen molar-refractivity contribution < 1.29 is 27.5 Å². The van der Waals surface area contributed by atoms with Crippen molar-refractivity contribution in [2.75, 3.05) is 6.61 Å². The van der Waals surface area contributed by atoms with Gasteiger partial charge < -0.3 is 9.47 Å². The highest BCUT2D eigenvalue weighted by atomic mass is 32.2. The lowest BCUT2D eigenvalue weighted by molar-refractivity contribution is -0.153. The molecule has 0 aromatic heterocycles. The Morgan fingerprint density at radius 1 is 1.07 bits per heavy atom. The van der Waals surface area contributed by atoms with E-state index in [2.05, 4.69) is 9.93 Å². The Kier molecular flexibility index (Phi) is 5.79. The summed E-state index contributed by atoms with van der Waals surface area (Å²) in [6.07, 6.45) is 1.44. The molecule has 2 aliphatic rings. The van der Waals surface area contributed by atoms with Gasteiger partial charge in [-0.3, -0.25) is 9.59 Å². The van der Waals surface area contributed by atoms with Crippen LogP contribution < -0.4 is 4.83 Å². The Balaban J connectivity index is 1.81. The molecule has 2 atom stereocenters.